The van der Waals surface area contributed by atoms with Crippen molar-refractivity contribution in [2.45, 2.75) is 27.7 Å². The topological polar surface area (TPSA) is 20.3 Å². The highest BCUT2D eigenvalue weighted by Crippen LogP contribution is 2.12. The normalized spacial score (nSPS) is 10.4. The molecule has 0 unspecified atom stereocenters. The molecular formula is C9H19NOS. The van der Waals surface area contributed by atoms with Gasteiger partial charge in [0.2, 0.25) is 0 Å². The molecule has 0 saturated carbocycles. The number of nitrogens with zero attached hydrogens (tertiary/aromatic N) is 1. The van der Waals surface area contributed by atoms with Crippen LogP contribution in [0.4, 0.5) is 4.79 Å². The molecule has 0 spiro atoms. The minimum absolute atomic E-state index is 0.216. The van der Waals surface area contributed by atoms with E-state index in [1.54, 1.807) is 0 Å². The van der Waals surface area contributed by atoms with E-state index in [-0.39, 0.29) is 5.24 Å². The standard InChI is InChI=1S/C9H19NOS/c1-5-10(6-2)9(11)12-7-8(3)4/h8H,5-7H2,1-4H3. The summed E-state index contributed by atoms with van der Waals surface area (Å²) in [6.07, 6.45) is 0. The van der Waals surface area contributed by atoms with Crippen LogP contribution < -0.4 is 0 Å². The summed E-state index contributed by atoms with van der Waals surface area (Å²) in [5.41, 5.74) is 0. The van der Waals surface area contributed by atoms with Gasteiger partial charge in [-0.3, -0.25) is 4.79 Å². The third-order valence-electron chi connectivity index (χ3n) is 1.56. The number of hydrogen-bond acceptors (Lipinski definition) is 2. The molecule has 0 aromatic rings. The van der Waals surface area contributed by atoms with Gasteiger partial charge in [0.1, 0.15) is 0 Å². The average molecular weight is 189 g/mol. The van der Waals surface area contributed by atoms with Crippen LogP contribution in [-0.2, 0) is 0 Å². The van der Waals surface area contributed by atoms with Crippen molar-refractivity contribution in [2.24, 2.45) is 5.92 Å². The third-order valence-corrected chi connectivity index (χ3v) is 2.90. The second-order valence-corrected chi connectivity index (χ2v) is 4.11. The average Bonchev–Trinajstić information content (AvgIpc) is 2.03. The molecule has 0 fully saturated rings. The lowest BCUT2D eigenvalue weighted by atomic mass is 10.3. The lowest BCUT2D eigenvalue weighted by molar-refractivity contribution is 0.228. The molecule has 0 rings (SSSR count). The molecule has 0 aromatic carbocycles. The molecule has 0 saturated heterocycles. The van der Waals surface area contributed by atoms with E-state index in [0.717, 1.165) is 18.8 Å². The van der Waals surface area contributed by atoms with Gasteiger partial charge in [-0.15, -0.1) is 0 Å². The van der Waals surface area contributed by atoms with Gasteiger partial charge < -0.3 is 4.90 Å². The van der Waals surface area contributed by atoms with E-state index in [4.69, 9.17) is 0 Å². The molecule has 2 nitrogen and oxygen atoms in total. The van der Waals surface area contributed by atoms with Crippen molar-refractivity contribution < 1.29 is 4.79 Å². The summed E-state index contributed by atoms with van der Waals surface area (Å²) in [5, 5.41) is 0.216. The summed E-state index contributed by atoms with van der Waals surface area (Å²) in [5.74, 6) is 1.52. The van der Waals surface area contributed by atoms with Crippen molar-refractivity contribution in [3.63, 3.8) is 0 Å². The smallest absolute Gasteiger partial charge is 0.281 e. The van der Waals surface area contributed by atoms with Gasteiger partial charge in [0, 0.05) is 18.8 Å². The van der Waals surface area contributed by atoms with Crippen LogP contribution in [0, 0.1) is 5.92 Å². The molecule has 0 N–H and O–H groups in total. The first-order chi connectivity index (χ1) is 5.61. The Morgan fingerprint density at radius 1 is 1.33 bits per heavy atom. The number of thioether (sulfide) groups is 1. The second-order valence-electron chi connectivity index (χ2n) is 3.14. The molecule has 0 aromatic heterocycles. The highest BCUT2D eigenvalue weighted by atomic mass is 32.2. The van der Waals surface area contributed by atoms with Crippen molar-refractivity contribution in [3.8, 4) is 0 Å². The Kier molecular flexibility index (Phi) is 6.25. The molecule has 0 aliphatic carbocycles. The Labute approximate surface area is 79.7 Å². The lowest BCUT2D eigenvalue weighted by Crippen LogP contribution is -2.27. The van der Waals surface area contributed by atoms with E-state index in [1.807, 2.05) is 18.7 Å². The Morgan fingerprint density at radius 2 is 1.83 bits per heavy atom. The van der Waals surface area contributed by atoms with Gasteiger partial charge in [0.15, 0.2) is 0 Å². The van der Waals surface area contributed by atoms with Crippen LogP contribution in [0.3, 0.4) is 0 Å². The zero-order valence-corrected chi connectivity index (χ0v) is 9.28. The predicted molar refractivity (Wildman–Crippen MR) is 55.6 cm³/mol. The number of carbonyl (C=O) groups excluding carboxylic acids is 1. The van der Waals surface area contributed by atoms with Crippen LogP contribution >= 0.6 is 11.8 Å². The molecule has 0 aliphatic heterocycles. The number of carbonyl (C=O) groups is 1. The maximum absolute atomic E-state index is 11.4. The molecule has 0 bridgehead atoms. The fourth-order valence-electron chi connectivity index (χ4n) is 0.811. The largest absolute Gasteiger partial charge is 0.334 e. The quantitative estimate of drug-likeness (QED) is 0.678. The molecule has 72 valence electrons. The predicted octanol–water partition coefficient (Wildman–Crippen LogP) is 2.84. The van der Waals surface area contributed by atoms with Crippen molar-refractivity contribution in [2.75, 3.05) is 18.8 Å². The second kappa shape index (κ2) is 6.35. The van der Waals surface area contributed by atoms with E-state index in [0.29, 0.717) is 5.92 Å². The molecule has 1 amide bonds. The Bertz CT molecular complexity index is 132. The van der Waals surface area contributed by atoms with Gasteiger partial charge in [-0.05, 0) is 19.8 Å². The van der Waals surface area contributed by atoms with E-state index < -0.39 is 0 Å². The van der Waals surface area contributed by atoms with Crippen LogP contribution in [0.5, 0.6) is 0 Å². The summed E-state index contributed by atoms with van der Waals surface area (Å²) in [7, 11) is 0. The van der Waals surface area contributed by atoms with E-state index in [2.05, 4.69) is 13.8 Å². The maximum Gasteiger partial charge on any atom is 0.281 e. The lowest BCUT2D eigenvalue weighted by Gasteiger charge is -2.18. The zero-order chi connectivity index (χ0) is 9.56. The van der Waals surface area contributed by atoms with Gasteiger partial charge in [0.05, 0.1) is 0 Å². The molecule has 0 atom stereocenters. The van der Waals surface area contributed by atoms with Crippen molar-refractivity contribution in [1.29, 1.82) is 0 Å². The van der Waals surface area contributed by atoms with Crippen LogP contribution in [0.25, 0.3) is 0 Å². The van der Waals surface area contributed by atoms with Gasteiger partial charge >= 0.3 is 0 Å². The van der Waals surface area contributed by atoms with E-state index in [9.17, 15) is 4.79 Å². The summed E-state index contributed by atoms with van der Waals surface area (Å²) < 4.78 is 0. The molecule has 0 radical (unpaired) electrons. The number of hydrogen-bond donors (Lipinski definition) is 0. The van der Waals surface area contributed by atoms with Gasteiger partial charge in [0.25, 0.3) is 5.24 Å². The van der Waals surface area contributed by atoms with Crippen LogP contribution in [0.15, 0.2) is 0 Å². The SMILES string of the molecule is CCN(CC)C(=O)SCC(C)C. The zero-order valence-electron chi connectivity index (χ0n) is 8.46. The molecule has 3 heteroatoms. The number of rotatable bonds is 4. The molecular weight excluding hydrogens is 170 g/mol. The highest BCUT2D eigenvalue weighted by molar-refractivity contribution is 8.13. The Balaban J connectivity index is 3.69. The van der Waals surface area contributed by atoms with Crippen molar-refractivity contribution >= 4 is 17.0 Å². The van der Waals surface area contributed by atoms with Crippen molar-refractivity contribution in [3.05, 3.63) is 0 Å². The highest BCUT2D eigenvalue weighted by Gasteiger charge is 2.09. The van der Waals surface area contributed by atoms with Crippen LogP contribution in [0.1, 0.15) is 27.7 Å². The van der Waals surface area contributed by atoms with E-state index >= 15 is 0 Å². The summed E-state index contributed by atoms with van der Waals surface area (Å²) in [4.78, 5) is 13.3. The fourth-order valence-corrected chi connectivity index (χ4v) is 1.73. The van der Waals surface area contributed by atoms with Crippen LogP contribution in [0.2, 0.25) is 0 Å². The molecule has 12 heavy (non-hydrogen) atoms. The number of amides is 1. The minimum Gasteiger partial charge on any atom is -0.334 e. The summed E-state index contributed by atoms with van der Waals surface area (Å²) in [6, 6.07) is 0. The fraction of sp³-hybridized carbons (Fsp3) is 0.889. The maximum atomic E-state index is 11.4. The summed E-state index contributed by atoms with van der Waals surface area (Å²) >= 11 is 1.43. The van der Waals surface area contributed by atoms with Gasteiger partial charge in [-0.2, -0.15) is 0 Å². The Hall–Kier alpha value is -0.180. The van der Waals surface area contributed by atoms with Crippen LogP contribution in [-0.4, -0.2) is 29.0 Å². The monoisotopic (exact) mass is 189 g/mol. The molecule has 0 heterocycles. The first-order valence-electron chi connectivity index (χ1n) is 4.53. The van der Waals surface area contributed by atoms with Crippen molar-refractivity contribution in [1.82, 2.24) is 4.90 Å². The first kappa shape index (κ1) is 11.8. The van der Waals surface area contributed by atoms with Gasteiger partial charge in [-0.1, -0.05) is 25.6 Å². The first-order valence-corrected chi connectivity index (χ1v) is 5.52. The minimum atomic E-state index is 0.216. The third kappa shape index (κ3) is 4.65. The summed E-state index contributed by atoms with van der Waals surface area (Å²) in [6.45, 7) is 9.92. The molecule has 0 aliphatic rings. The Morgan fingerprint density at radius 3 is 2.17 bits per heavy atom. The van der Waals surface area contributed by atoms with Gasteiger partial charge in [-0.25, -0.2) is 0 Å². The van der Waals surface area contributed by atoms with E-state index in [1.165, 1.54) is 11.8 Å².